The number of benzene rings is 3. The number of hydrogen-bond donors (Lipinski definition) is 1. The summed E-state index contributed by atoms with van der Waals surface area (Å²) in [5.74, 6) is 0.163. The Morgan fingerprint density at radius 2 is 1.82 bits per heavy atom. The molecule has 0 radical (unpaired) electrons. The number of amides is 1. The fourth-order valence-electron chi connectivity index (χ4n) is 2.68. The van der Waals surface area contributed by atoms with Gasteiger partial charge in [0.25, 0.3) is 5.91 Å². The SMILES string of the molecule is CCOC(=O)/C=C/CSc1cccc(NC(=O)c2ccc3ccccc3c2)c1. The van der Waals surface area contributed by atoms with E-state index in [-0.39, 0.29) is 11.9 Å². The lowest BCUT2D eigenvalue weighted by Gasteiger charge is -2.08. The topological polar surface area (TPSA) is 55.4 Å². The highest BCUT2D eigenvalue weighted by Gasteiger charge is 2.07. The third-order valence-corrected chi connectivity index (χ3v) is 4.94. The molecule has 0 heterocycles. The van der Waals surface area contributed by atoms with Crippen LogP contribution in [0.4, 0.5) is 5.69 Å². The molecule has 1 N–H and O–H groups in total. The molecule has 28 heavy (non-hydrogen) atoms. The summed E-state index contributed by atoms with van der Waals surface area (Å²) in [6, 6.07) is 21.3. The Balaban J connectivity index is 1.61. The molecule has 0 aliphatic carbocycles. The Labute approximate surface area is 168 Å². The van der Waals surface area contributed by atoms with Gasteiger partial charge in [0.05, 0.1) is 6.61 Å². The van der Waals surface area contributed by atoms with Crippen molar-refractivity contribution in [1.29, 1.82) is 0 Å². The van der Waals surface area contributed by atoms with E-state index >= 15 is 0 Å². The van der Waals surface area contributed by atoms with Gasteiger partial charge in [-0.25, -0.2) is 4.79 Å². The maximum absolute atomic E-state index is 12.6. The Morgan fingerprint density at radius 1 is 1.00 bits per heavy atom. The Kier molecular flexibility index (Phi) is 6.87. The van der Waals surface area contributed by atoms with Gasteiger partial charge in [-0.3, -0.25) is 4.79 Å². The first-order chi connectivity index (χ1) is 13.7. The molecule has 5 heteroatoms. The van der Waals surface area contributed by atoms with Crippen LogP contribution in [-0.2, 0) is 9.53 Å². The van der Waals surface area contributed by atoms with E-state index in [1.165, 1.54) is 6.08 Å². The van der Waals surface area contributed by atoms with Gasteiger partial charge in [0, 0.05) is 28.0 Å². The van der Waals surface area contributed by atoms with E-state index in [0.717, 1.165) is 21.4 Å². The van der Waals surface area contributed by atoms with E-state index in [2.05, 4.69) is 5.32 Å². The van der Waals surface area contributed by atoms with Gasteiger partial charge in [0.1, 0.15) is 0 Å². The van der Waals surface area contributed by atoms with Crippen LogP contribution in [0.2, 0.25) is 0 Å². The number of nitrogens with one attached hydrogen (secondary N) is 1. The van der Waals surface area contributed by atoms with Gasteiger partial charge in [-0.1, -0.05) is 42.5 Å². The molecule has 142 valence electrons. The Morgan fingerprint density at radius 3 is 2.64 bits per heavy atom. The molecule has 0 atom stereocenters. The number of rotatable bonds is 7. The van der Waals surface area contributed by atoms with Crippen LogP contribution in [0, 0.1) is 0 Å². The first kappa shape index (κ1) is 19.7. The summed E-state index contributed by atoms with van der Waals surface area (Å²) < 4.78 is 4.84. The normalized spacial score (nSPS) is 10.9. The Bertz CT molecular complexity index is 1010. The van der Waals surface area contributed by atoms with Crippen molar-refractivity contribution >= 4 is 40.1 Å². The van der Waals surface area contributed by atoms with Crippen molar-refractivity contribution in [3.63, 3.8) is 0 Å². The second-order valence-electron chi connectivity index (χ2n) is 6.01. The van der Waals surface area contributed by atoms with E-state index < -0.39 is 0 Å². The average Bonchev–Trinajstić information content (AvgIpc) is 2.71. The van der Waals surface area contributed by atoms with Crippen LogP contribution in [0.15, 0.2) is 83.8 Å². The molecular weight excluding hydrogens is 370 g/mol. The highest BCUT2D eigenvalue weighted by atomic mass is 32.2. The van der Waals surface area contributed by atoms with Crippen molar-refractivity contribution in [3.8, 4) is 0 Å². The maximum Gasteiger partial charge on any atom is 0.330 e. The predicted molar refractivity (Wildman–Crippen MR) is 115 cm³/mol. The monoisotopic (exact) mass is 391 g/mol. The van der Waals surface area contributed by atoms with Crippen molar-refractivity contribution in [2.24, 2.45) is 0 Å². The molecule has 3 rings (SSSR count). The molecule has 0 aromatic heterocycles. The molecule has 3 aromatic carbocycles. The molecule has 0 aliphatic heterocycles. The number of carbonyl (C=O) groups excluding carboxylic acids is 2. The molecule has 0 spiro atoms. The molecule has 0 unspecified atom stereocenters. The summed E-state index contributed by atoms with van der Waals surface area (Å²) in [6.07, 6.45) is 3.20. The van der Waals surface area contributed by atoms with Crippen molar-refractivity contribution in [3.05, 3.63) is 84.4 Å². The molecule has 0 aliphatic rings. The summed E-state index contributed by atoms with van der Waals surface area (Å²) in [5, 5.41) is 5.08. The molecule has 0 saturated heterocycles. The highest BCUT2D eigenvalue weighted by Crippen LogP contribution is 2.23. The van der Waals surface area contributed by atoms with E-state index in [1.807, 2.05) is 66.7 Å². The number of ether oxygens (including phenoxy) is 1. The molecule has 0 fully saturated rings. The smallest absolute Gasteiger partial charge is 0.330 e. The van der Waals surface area contributed by atoms with Crippen LogP contribution in [0.5, 0.6) is 0 Å². The minimum Gasteiger partial charge on any atom is -0.463 e. The summed E-state index contributed by atoms with van der Waals surface area (Å²) in [6.45, 7) is 2.15. The number of hydrogen-bond acceptors (Lipinski definition) is 4. The van der Waals surface area contributed by atoms with Crippen LogP contribution in [0.25, 0.3) is 10.8 Å². The third-order valence-electron chi connectivity index (χ3n) is 3.99. The predicted octanol–water partition coefficient (Wildman–Crippen LogP) is 5.30. The molecular formula is C23H21NO3S. The largest absolute Gasteiger partial charge is 0.463 e. The maximum atomic E-state index is 12.6. The van der Waals surface area contributed by atoms with Crippen molar-refractivity contribution in [2.45, 2.75) is 11.8 Å². The first-order valence-electron chi connectivity index (χ1n) is 9.02. The lowest BCUT2D eigenvalue weighted by molar-refractivity contribution is -0.137. The lowest BCUT2D eigenvalue weighted by atomic mass is 10.1. The highest BCUT2D eigenvalue weighted by molar-refractivity contribution is 7.99. The zero-order valence-corrected chi connectivity index (χ0v) is 16.4. The third kappa shape index (κ3) is 5.47. The number of esters is 1. The summed E-state index contributed by atoms with van der Waals surface area (Å²) >= 11 is 1.57. The van der Waals surface area contributed by atoms with Gasteiger partial charge in [0.2, 0.25) is 0 Å². The number of anilines is 1. The van der Waals surface area contributed by atoms with Crippen LogP contribution in [0.1, 0.15) is 17.3 Å². The average molecular weight is 391 g/mol. The van der Waals surface area contributed by atoms with Crippen molar-refractivity contribution in [1.82, 2.24) is 0 Å². The lowest BCUT2D eigenvalue weighted by Crippen LogP contribution is -2.11. The molecule has 0 saturated carbocycles. The Hall–Kier alpha value is -3.05. The summed E-state index contributed by atoms with van der Waals surface area (Å²) in [7, 11) is 0. The van der Waals surface area contributed by atoms with Crippen LogP contribution in [-0.4, -0.2) is 24.2 Å². The number of carbonyl (C=O) groups is 2. The minimum atomic E-state index is -0.334. The van der Waals surface area contributed by atoms with Gasteiger partial charge in [-0.15, -0.1) is 11.8 Å². The van der Waals surface area contributed by atoms with Gasteiger partial charge in [0.15, 0.2) is 0 Å². The number of fused-ring (bicyclic) bond motifs is 1. The minimum absolute atomic E-state index is 0.143. The molecule has 1 amide bonds. The fraction of sp³-hybridized carbons (Fsp3) is 0.130. The van der Waals surface area contributed by atoms with E-state index in [0.29, 0.717) is 17.9 Å². The van der Waals surface area contributed by atoms with Crippen molar-refractivity contribution < 1.29 is 14.3 Å². The van der Waals surface area contributed by atoms with Gasteiger partial charge in [-0.2, -0.15) is 0 Å². The summed E-state index contributed by atoms with van der Waals surface area (Å²) in [4.78, 5) is 24.9. The van der Waals surface area contributed by atoms with Crippen LogP contribution >= 0.6 is 11.8 Å². The number of thioether (sulfide) groups is 1. The van der Waals surface area contributed by atoms with Crippen molar-refractivity contribution in [2.75, 3.05) is 17.7 Å². The first-order valence-corrected chi connectivity index (χ1v) is 10.0. The zero-order chi connectivity index (χ0) is 19.8. The second kappa shape index (κ2) is 9.76. The van der Waals surface area contributed by atoms with E-state index in [4.69, 9.17) is 4.74 Å². The van der Waals surface area contributed by atoms with Gasteiger partial charge >= 0.3 is 5.97 Å². The van der Waals surface area contributed by atoms with Crippen LogP contribution in [0.3, 0.4) is 0 Å². The fourth-order valence-corrected chi connectivity index (χ4v) is 3.45. The molecule has 0 bridgehead atoms. The summed E-state index contributed by atoms with van der Waals surface area (Å²) in [5.41, 5.74) is 1.35. The molecule has 4 nitrogen and oxygen atoms in total. The second-order valence-corrected chi connectivity index (χ2v) is 7.10. The van der Waals surface area contributed by atoms with Gasteiger partial charge in [-0.05, 0) is 48.0 Å². The molecule has 3 aromatic rings. The van der Waals surface area contributed by atoms with E-state index in [9.17, 15) is 9.59 Å². The van der Waals surface area contributed by atoms with E-state index in [1.54, 1.807) is 24.8 Å². The zero-order valence-electron chi connectivity index (χ0n) is 15.6. The standard InChI is InChI=1S/C23H21NO3S/c1-2-27-22(25)11-6-14-28-21-10-5-9-20(16-21)24-23(26)19-13-12-17-7-3-4-8-18(17)15-19/h3-13,15-16H,2,14H2,1H3,(H,24,26)/b11-6+. The van der Waals surface area contributed by atoms with Gasteiger partial charge < -0.3 is 10.1 Å². The van der Waals surface area contributed by atoms with Crippen LogP contribution < -0.4 is 5.32 Å². The quantitative estimate of drug-likeness (QED) is 0.337.